The Bertz CT molecular complexity index is 1330. The maximum atomic E-state index is 13.0. The Kier molecular flexibility index (Phi) is 34.5. The van der Waals surface area contributed by atoms with Crippen LogP contribution in [-0.2, 0) is 41.8 Å². The smallest absolute Gasteiger partial charge is 0.462 e. The van der Waals surface area contributed by atoms with Crippen molar-refractivity contribution in [3.05, 3.63) is 24.3 Å². The van der Waals surface area contributed by atoms with Crippen LogP contribution in [0.25, 0.3) is 0 Å². The molecule has 63 heavy (non-hydrogen) atoms. The van der Waals surface area contributed by atoms with Crippen molar-refractivity contribution < 1.29 is 76.9 Å². The predicted octanol–water partition coefficient (Wildman–Crippen LogP) is 8.95. The summed E-state index contributed by atoms with van der Waals surface area (Å²) in [5.41, 5.74) is 0. The Morgan fingerprint density at radius 1 is 0.508 bits per heavy atom. The van der Waals surface area contributed by atoms with E-state index in [1.54, 1.807) is 0 Å². The fraction of sp³-hybridized carbons (Fsp3) is 0.867. The molecule has 8 atom stereocenters. The van der Waals surface area contributed by atoms with Crippen LogP contribution in [0.5, 0.6) is 0 Å². The molecule has 16 nitrogen and oxygen atoms in total. The van der Waals surface area contributed by atoms with Gasteiger partial charge >= 0.3 is 27.6 Å². The Hall–Kier alpha value is -1.52. The van der Waals surface area contributed by atoms with Gasteiger partial charge in [-0.3, -0.25) is 23.2 Å². The summed E-state index contributed by atoms with van der Waals surface area (Å²) in [4.78, 5) is 54.2. The molecular weight excluding hydrogens is 858 g/mol. The summed E-state index contributed by atoms with van der Waals surface area (Å²) in [6.45, 7) is 3.08. The first-order valence-corrected chi connectivity index (χ1v) is 26.9. The van der Waals surface area contributed by atoms with E-state index >= 15 is 0 Å². The summed E-state index contributed by atoms with van der Waals surface area (Å²) in [5.74, 6) is -1.21. The molecule has 0 bridgehead atoms. The number of carbonyl (C=O) groups is 2. The first-order chi connectivity index (χ1) is 30.1. The second-order valence-corrected chi connectivity index (χ2v) is 19.4. The van der Waals surface area contributed by atoms with Gasteiger partial charge in [0.25, 0.3) is 0 Å². The van der Waals surface area contributed by atoms with Gasteiger partial charge in [-0.2, -0.15) is 0 Å². The molecule has 0 spiro atoms. The lowest BCUT2D eigenvalue weighted by Gasteiger charge is -2.43. The van der Waals surface area contributed by atoms with Crippen LogP contribution in [-0.4, -0.2) is 103 Å². The molecule has 1 rings (SSSR count). The highest BCUT2D eigenvalue weighted by atomic mass is 31.2. The van der Waals surface area contributed by atoms with Crippen molar-refractivity contribution in [3.63, 3.8) is 0 Å². The largest absolute Gasteiger partial charge is 0.472 e. The summed E-state index contributed by atoms with van der Waals surface area (Å²) >= 11 is 0. The standard InChI is InChI=1S/C45H84O16P2/c1-3-5-7-9-11-13-15-17-18-19-20-22-23-25-27-29-31-33-38(46)57-35-37(59-39(47)34-32-30-28-26-24-21-16-14-12-10-8-6-4-2)36-58-63(55,56)61-45-42(50)40(48)41(49)44(43(45)51)60-62(52,53)54/h11,13,17-18,37,40-45,48-51H,3-10,12,14-16,19-36H2,1-2H3,(H,55,56)(H2,52,53,54). The Labute approximate surface area is 377 Å². The van der Waals surface area contributed by atoms with Crippen LogP contribution in [0.15, 0.2) is 24.3 Å². The number of hydrogen-bond acceptors (Lipinski definition) is 13. The van der Waals surface area contributed by atoms with Crippen molar-refractivity contribution in [3.8, 4) is 0 Å². The molecule has 0 aromatic carbocycles. The van der Waals surface area contributed by atoms with Crippen LogP contribution in [0.4, 0.5) is 0 Å². The van der Waals surface area contributed by atoms with Crippen LogP contribution >= 0.6 is 15.6 Å². The van der Waals surface area contributed by atoms with E-state index in [2.05, 4.69) is 42.7 Å². The van der Waals surface area contributed by atoms with E-state index in [-0.39, 0.29) is 12.8 Å². The number of carbonyl (C=O) groups excluding carboxylic acids is 2. The second-order valence-electron chi connectivity index (χ2n) is 16.8. The minimum absolute atomic E-state index is 0.0463. The monoisotopic (exact) mass is 943 g/mol. The highest BCUT2D eigenvalue weighted by Crippen LogP contribution is 2.49. The van der Waals surface area contributed by atoms with Gasteiger partial charge in [-0.05, 0) is 44.9 Å². The van der Waals surface area contributed by atoms with Gasteiger partial charge in [-0.25, -0.2) is 9.13 Å². The summed E-state index contributed by atoms with van der Waals surface area (Å²) in [6.07, 6.45) is 22.8. The topological polar surface area (TPSA) is 256 Å². The number of esters is 2. The van der Waals surface area contributed by atoms with Gasteiger partial charge in [0, 0.05) is 12.8 Å². The molecule has 0 heterocycles. The zero-order valence-electron chi connectivity index (χ0n) is 38.3. The maximum absolute atomic E-state index is 13.0. The van der Waals surface area contributed by atoms with Crippen LogP contribution in [0.1, 0.15) is 194 Å². The number of allylic oxidation sites excluding steroid dienone is 4. The highest BCUT2D eigenvalue weighted by molar-refractivity contribution is 7.47. The van der Waals surface area contributed by atoms with Crippen molar-refractivity contribution in [1.82, 2.24) is 0 Å². The molecule has 8 unspecified atom stereocenters. The number of phosphoric acid groups is 2. The van der Waals surface area contributed by atoms with Gasteiger partial charge in [0.2, 0.25) is 0 Å². The van der Waals surface area contributed by atoms with Gasteiger partial charge in [0.15, 0.2) is 6.10 Å². The fourth-order valence-corrected chi connectivity index (χ4v) is 8.83. The van der Waals surface area contributed by atoms with Gasteiger partial charge in [0.05, 0.1) is 6.61 Å². The van der Waals surface area contributed by atoms with E-state index in [1.807, 2.05) is 0 Å². The lowest BCUT2D eigenvalue weighted by atomic mass is 9.85. The van der Waals surface area contributed by atoms with E-state index < -0.39 is 83.5 Å². The van der Waals surface area contributed by atoms with Crippen molar-refractivity contribution in [2.75, 3.05) is 13.2 Å². The second kappa shape index (κ2) is 36.6. The number of hydrogen-bond donors (Lipinski definition) is 7. The molecule has 0 amide bonds. The van der Waals surface area contributed by atoms with E-state index in [9.17, 15) is 44.0 Å². The van der Waals surface area contributed by atoms with Gasteiger partial charge < -0.3 is 44.6 Å². The molecular formula is C45H84O16P2. The number of aliphatic hydroxyl groups is 4. The Morgan fingerprint density at radius 2 is 0.921 bits per heavy atom. The molecule has 1 saturated carbocycles. The number of aliphatic hydroxyl groups excluding tert-OH is 4. The SMILES string of the molecule is CCCCCC=CCC=CCCCCCCCCCC(=O)OCC(COP(=O)(O)OC1C(O)C(O)C(O)C(OP(=O)(O)O)C1O)OC(=O)CCCCCCCCCCCCCCC. The van der Waals surface area contributed by atoms with Crippen LogP contribution in [0.2, 0.25) is 0 Å². The summed E-state index contributed by atoms with van der Waals surface area (Å²) in [5, 5.41) is 41.2. The lowest BCUT2D eigenvalue weighted by Crippen LogP contribution is -2.64. The molecule has 1 fully saturated rings. The summed E-state index contributed by atoms with van der Waals surface area (Å²) in [7, 11) is -10.7. The minimum Gasteiger partial charge on any atom is -0.462 e. The van der Waals surface area contributed by atoms with E-state index in [0.717, 1.165) is 83.5 Å². The number of ether oxygens (including phenoxy) is 2. The molecule has 0 aromatic heterocycles. The van der Waals surface area contributed by atoms with E-state index in [4.69, 9.17) is 28.3 Å². The molecule has 1 aliphatic rings. The predicted molar refractivity (Wildman–Crippen MR) is 241 cm³/mol. The van der Waals surface area contributed by atoms with Crippen molar-refractivity contribution in [1.29, 1.82) is 0 Å². The van der Waals surface area contributed by atoms with Crippen LogP contribution in [0.3, 0.4) is 0 Å². The van der Waals surface area contributed by atoms with Crippen molar-refractivity contribution in [2.24, 2.45) is 0 Å². The molecule has 0 saturated heterocycles. The number of unbranched alkanes of at least 4 members (excludes halogenated alkanes) is 22. The molecule has 0 radical (unpaired) electrons. The fourth-order valence-electron chi connectivity index (χ4n) is 7.29. The first kappa shape index (κ1) is 59.5. The molecule has 0 aliphatic heterocycles. The van der Waals surface area contributed by atoms with E-state index in [0.29, 0.717) is 12.8 Å². The lowest BCUT2D eigenvalue weighted by molar-refractivity contribution is -0.216. The normalized spacial score (nSPS) is 22.1. The number of phosphoric ester groups is 2. The number of rotatable bonds is 40. The van der Waals surface area contributed by atoms with Crippen molar-refractivity contribution >= 4 is 27.6 Å². The average Bonchev–Trinajstić information content (AvgIpc) is 3.23. The third-order valence-electron chi connectivity index (χ3n) is 11.0. The highest BCUT2D eigenvalue weighted by Gasteiger charge is 2.54. The molecule has 370 valence electrons. The molecule has 1 aliphatic carbocycles. The van der Waals surface area contributed by atoms with Crippen LogP contribution < -0.4 is 0 Å². The summed E-state index contributed by atoms with van der Waals surface area (Å²) < 4.78 is 49.4. The van der Waals surface area contributed by atoms with Crippen LogP contribution in [0, 0.1) is 0 Å². The Balaban J connectivity index is 2.58. The van der Waals surface area contributed by atoms with Gasteiger partial charge in [-0.15, -0.1) is 0 Å². The molecule has 7 N–H and O–H groups in total. The quantitative estimate of drug-likeness (QED) is 0.0131. The van der Waals surface area contributed by atoms with E-state index in [1.165, 1.54) is 70.6 Å². The zero-order valence-corrected chi connectivity index (χ0v) is 40.1. The molecule has 18 heteroatoms. The van der Waals surface area contributed by atoms with Crippen molar-refractivity contribution in [2.45, 2.75) is 236 Å². The third-order valence-corrected chi connectivity index (χ3v) is 12.5. The Morgan fingerprint density at radius 3 is 1.41 bits per heavy atom. The van der Waals surface area contributed by atoms with Gasteiger partial charge in [-0.1, -0.05) is 160 Å². The third kappa shape index (κ3) is 31.2. The zero-order chi connectivity index (χ0) is 46.8. The minimum atomic E-state index is -5.36. The molecule has 0 aromatic rings. The average molecular weight is 943 g/mol. The maximum Gasteiger partial charge on any atom is 0.472 e. The first-order valence-electron chi connectivity index (χ1n) is 23.9. The summed E-state index contributed by atoms with van der Waals surface area (Å²) in [6, 6.07) is 0. The van der Waals surface area contributed by atoms with Gasteiger partial charge in [0.1, 0.15) is 43.2 Å².